The SMILES string of the molecule is C.COc1ccc(NC(=O)c2cc(-c3ccc(/C=C4\C(=O)N(c5cccc(C(=O)O)c5)N=C4C)o3)ccc2Cl)cc1OC. The zero-order valence-corrected chi connectivity index (χ0v) is 23.4. The lowest BCUT2D eigenvalue weighted by molar-refractivity contribution is -0.114. The minimum Gasteiger partial charge on any atom is -0.493 e. The van der Waals surface area contributed by atoms with Gasteiger partial charge in [-0.15, -0.1) is 0 Å². The van der Waals surface area contributed by atoms with Crippen LogP contribution < -0.4 is 19.8 Å². The minimum atomic E-state index is -1.10. The Morgan fingerprint density at radius 3 is 2.49 bits per heavy atom. The van der Waals surface area contributed by atoms with Crippen LogP contribution in [0.5, 0.6) is 11.5 Å². The number of amides is 2. The first-order chi connectivity index (χ1) is 20.2. The van der Waals surface area contributed by atoms with Crippen LogP contribution >= 0.6 is 11.6 Å². The summed E-state index contributed by atoms with van der Waals surface area (Å²) in [5, 5.41) is 17.8. The zero-order valence-electron chi connectivity index (χ0n) is 22.7. The number of carbonyl (C=O) groups excluding carboxylic acids is 2. The molecule has 2 N–H and O–H groups in total. The van der Waals surface area contributed by atoms with Crippen LogP contribution in [-0.2, 0) is 4.79 Å². The fourth-order valence-electron chi connectivity index (χ4n) is 4.32. The number of nitrogens with zero attached hydrogens (tertiary/aromatic N) is 2. The number of ether oxygens (including phenoxy) is 2. The molecule has 2 heterocycles. The maximum atomic E-state index is 13.1. The first-order valence-corrected chi connectivity index (χ1v) is 12.9. The number of hydrazone groups is 1. The van der Waals surface area contributed by atoms with Crippen molar-refractivity contribution in [1.29, 1.82) is 0 Å². The topological polar surface area (TPSA) is 131 Å². The molecule has 0 saturated carbocycles. The van der Waals surface area contributed by atoms with Gasteiger partial charge >= 0.3 is 5.97 Å². The van der Waals surface area contributed by atoms with Gasteiger partial charge in [0.2, 0.25) is 0 Å². The lowest BCUT2D eigenvalue weighted by Crippen LogP contribution is -2.21. The van der Waals surface area contributed by atoms with Crippen LogP contribution in [0.25, 0.3) is 17.4 Å². The van der Waals surface area contributed by atoms with Crippen LogP contribution in [0.3, 0.4) is 0 Å². The van der Waals surface area contributed by atoms with Crippen LogP contribution in [0.15, 0.2) is 87.9 Å². The van der Waals surface area contributed by atoms with E-state index in [0.29, 0.717) is 51.2 Å². The Kier molecular flexibility index (Phi) is 9.01. The van der Waals surface area contributed by atoms with Gasteiger partial charge in [-0.1, -0.05) is 25.1 Å². The average molecular weight is 602 g/mol. The molecule has 5 rings (SSSR count). The van der Waals surface area contributed by atoms with Gasteiger partial charge in [-0.3, -0.25) is 9.59 Å². The van der Waals surface area contributed by atoms with Gasteiger partial charge in [-0.2, -0.15) is 10.1 Å². The van der Waals surface area contributed by atoms with Crippen molar-refractivity contribution in [3.05, 3.63) is 100 Å². The smallest absolute Gasteiger partial charge is 0.335 e. The molecule has 0 radical (unpaired) electrons. The number of halogens is 1. The Balaban J connectivity index is 0.00000423. The predicted octanol–water partition coefficient (Wildman–Crippen LogP) is 7.01. The van der Waals surface area contributed by atoms with Crippen LogP contribution in [0, 0.1) is 0 Å². The standard InChI is InChI=1S/C31H24ClN3O7.CH4/c1-17-23(30(37)35(34-17)21-6-4-5-19(13-21)31(38)39)16-22-9-12-26(42-22)18-7-10-25(32)24(14-18)29(36)33-20-8-11-27(40-2)28(15-20)41-3;/h4-16H,1-3H3,(H,33,36)(H,38,39);1H4/b23-16-;. The molecule has 0 atom stereocenters. The Hall–Kier alpha value is -5.35. The van der Waals surface area contributed by atoms with E-state index in [9.17, 15) is 19.5 Å². The number of benzene rings is 3. The van der Waals surface area contributed by atoms with Gasteiger partial charge < -0.3 is 24.3 Å². The highest BCUT2D eigenvalue weighted by molar-refractivity contribution is 6.34. The third kappa shape index (κ3) is 6.29. The normalized spacial score (nSPS) is 13.4. The number of hydrogen-bond acceptors (Lipinski definition) is 7. The number of rotatable bonds is 8. The number of methoxy groups -OCH3 is 2. The molecule has 4 aromatic rings. The number of carboxylic acids is 1. The van der Waals surface area contributed by atoms with Gasteiger partial charge in [0.15, 0.2) is 11.5 Å². The molecule has 0 spiro atoms. The van der Waals surface area contributed by atoms with Crippen LogP contribution in [0.2, 0.25) is 5.02 Å². The number of carboxylic acid groups (broad SMARTS) is 1. The molecule has 43 heavy (non-hydrogen) atoms. The van der Waals surface area contributed by atoms with Gasteiger partial charge in [0.25, 0.3) is 11.8 Å². The molecular weight excluding hydrogens is 574 g/mol. The molecule has 2 amide bonds. The fourth-order valence-corrected chi connectivity index (χ4v) is 4.53. The van der Waals surface area contributed by atoms with Gasteiger partial charge in [-0.05, 0) is 73.7 Å². The molecule has 10 nitrogen and oxygen atoms in total. The van der Waals surface area contributed by atoms with E-state index in [1.807, 2.05) is 0 Å². The molecule has 1 aliphatic heterocycles. The Morgan fingerprint density at radius 2 is 1.77 bits per heavy atom. The second-order valence-corrected chi connectivity index (χ2v) is 9.54. The van der Waals surface area contributed by atoms with E-state index in [1.54, 1.807) is 73.7 Å². The zero-order chi connectivity index (χ0) is 30.0. The molecule has 1 aliphatic rings. The van der Waals surface area contributed by atoms with Crippen LogP contribution in [0.1, 0.15) is 40.8 Å². The molecular formula is C32H28ClN3O7. The second kappa shape index (κ2) is 12.7. The Morgan fingerprint density at radius 1 is 1.00 bits per heavy atom. The first kappa shape index (κ1) is 30.6. The maximum Gasteiger partial charge on any atom is 0.335 e. The summed E-state index contributed by atoms with van der Waals surface area (Å²) in [6.45, 7) is 1.68. The van der Waals surface area contributed by atoms with Crippen molar-refractivity contribution in [3.63, 3.8) is 0 Å². The van der Waals surface area contributed by atoms with Crippen molar-refractivity contribution in [2.24, 2.45) is 5.10 Å². The molecule has 220 valence electrons. The van der Waals surface area contributed by atoms with Crippen molar-refractivity contribution in [2.45, 2.75) is 14.4 Å². The summed E-state index contributed by atoms with van der Waals surface area (Å²) < 4.78 is 16.5. The van der Waals surface area contributed by atoms with Crippen molar-refractivity contribution in [1.82, 2.24) is 0 Å². The third-order valence-electron chi connectivity index (χ3n) is 6.45. The summed E-state index contributed by atoms with van der Waals surface area (Å²) in [4.78, 5) is 37.6. The maximum absolute atomic E-state index is 13.1. The van der Waals surface area contributed by atoms with Gasteiger partial charge in [0, 0.05) is 17.3 Å². The summed E-state index contributed by atoms with van der Waals surface area (Å²) in [6.07, 6.45) is 1.56. The molecule has 0 unspecified atom stereocenters. The van der Waals surface area contributed by atoms with Gasteiger partial charge in [-0.25, -0.2) is 4.79 Å². The van der Waals surface area contributed by atoms with E-state index in [-0.39, 0.29) is 23.6 Å². The molecule has 0 saturated heterocycles. The lowest BCUT2D eigenvalue weighted by Gasteiger charge is -2.12. The van der Waals surface area contributed by atoms with Crippen molar-refractivity contribution in [3.8, 4) is 22.8 Å². The molecule has 3 aromatic carbocycles. The number of anilines is 2. The third-order valence-corrected chi connectivity index (χ3v) is 6.78. The number of furan rings is 1. The van der Waals surface area contributed by atoms with E-state index < -0.39 is 17.8 Å². The lowest BCUT2D eigenvalue weighted by atomic mass is 10.1. The second-order valence-electron chi connectivity index (χ2n) is 9.14. The van der Waals surface area contributed by atoms with Gasteiger partial charge in [0.05, 0.1) is 47.3 Å². The van der Waals surface area contributed by atoms with E-state index in [0.717, 1.165) is 5.01 Å². The van der Waals surface area contributed by atoms with Crippen molar-refractivity contribution in [2.75, 3.05) is 24.5 Å². The van der Waals surface area contributed by atoms with E-state index >= 15 is 0 Å². The van der Waals surface area contributed by atoms with Crippen molar-refractivity contribution < 1.29 is 33.4 Å². The van der Waals surface area contributed by atoms with Crippen LogP contribution in [-0.4, -0.2) is 42.8 Å². The van der Waals surface area contributed by atoms with E-state index in [1.165, 1.54) is 26.4 Å². The quantitative estimate of drug-likeness (QED) is 0.208. The monoisotopic (exact) mass is 601 g/mol. The molecule has 0 bridgehead atoms. The largest absolute Gasteiger partial charge is 0.493 e. The Bertz CT molecular complexity index is 1790. The Labute approximate surface area is 252 Å². The molecule has 0 fully saturated rings. The van der Waals surface area contributed by atoms with E-state index in [2.05, 4.69) is 10.4 Å². The highest BCUT2D eigenvalue weighted by Gasteiger charge is 2.29. The molecule has 1 aromatic heterocycles. The summed E-state index contributed by atoms with van der Waals surface area (Å²) in [5.41, 5.74) is 2.43. The number of carbonyl (C=O) groups is 3. The predicted molar refractivity (Wildman–Crippen MR) is 165 cm³/mol. The highest BCUT2D eigenvalue weighted by atomic mass is 35.5. The minimum absolute atomic E-state index is 0. The summed E-state index contributed by atoms with van der Waals surface area (Å²) in [6, 6.07) is 19.3. The number of hydrogen-bond donors (Lipinski definition) is 2. The number of nitrogens with one attached hydrogen (secondary N) is 1. The van der Waals surface area contributed by atoms with Gasteiger partial charge in [0.1, 0.15) is 11.5 Å². The molecule has 0 aliphatic carbocycles. The van der Waals surface area contributed by atoms with E-state index in [4.69, 9.17) is 25.5 Å². The number of aromatic carboxylic acids is 1. The highest BCUT2D eigenvalue weighted by Crippen LogP contribution is 2.32. The summed E-state index contributed by atoms with van der Waals surface area (Å²) >= 11 is 6.36. The average Bonchev–Trinajstić information content (AvgIpc) is 3.57. The van der Waals surface area contributed by atoms with Crippen molar-refractivity contribution >= 4 is 52.5 Å². The first-order valence-electron chi connectivity index (χ1n) is 12.6. The molecule has 11 heteroatoms. The summed E-state index contributed by atoms with van der Waals surface area (Å²) in [5.74, 6) is -0.135. The van der Waals surface area contributed by atoms with Crippen LogP contribution in [0.4, 0.5) is 11.4 Å². The summed E-state index contributed by atoms with van der Waals surface area (Å²) in [7, 11) is 3.03. The fraction of sp³-hybridized carbons (Fsp3) is 0.125.